The second-order valence-corrected chi connectivity index (χ2v) is 5.94. The molecule has 2 heterocycles. The maximum Gasteiger partial charge on any atom is 0.303 e. The molecule has 0 aliphatic carbocycles. The van der Waals surface area contributed by atoms with Crippen molar-refractivity contribution in [3.63, 3.8) is 0 Å². The topological polar surface area (TPSA) is 95.7 Å². The number of aromatic hydroxyl groups is 1. The van der Waals surface area contributed by atoms with E-state index in [1.807, 2.05) is 10.7 Å². The predicted molar refractivity (Wildman–Crippen MR) is 85.8 cm³/mol. The summed E-state index contributed by atoms with van der Waals surface area (Å²) in [6.07, 6.45) is 0.415. The van der Waals surface area contributed by atoms with E-state index in [-0.39, 0.29) is 18.1 Å². The Morgan fingerprint density at radius 3 is 2.83 bits per heavy atom. The number of hydrogen-bond donors (Lipinski definition) is 2. The van der Waals surface area contributed by atoms with Crippen molar-refractivity contribution < 1.29 is 19.8 Å². The van der Waals surface area contributed by atoms with E-state index < -0.39 is 5.97 Å². The summed E-state index contributed by atoms with van der Waals surface area (Å²) >= 11 is 0. The molecule has 2 aromatic rings. The summed E-state index contributed by atoms with van der Waals surface area (Å²) in [7, 11) is 0. The normalized spacial score (nSPS) is 13.6. The first-order valence-electron chi connectivity index (χ1n) is 7.81. The number of carbonyl (C=O) groups is 2. The molecule has 0 spiro atoms. The fourth-order valence-electron chi connectivity index (χ4n) is 2.86. The van der Waals surface area contributed by atoms with Gasteiger partial charge in [0.15, 0.2) is 0 Å². The third kappa shape index (κ3) is 3.10. The van der Waals surface area contributed by atoms with Crippen LogP contribution in [-0.4, -0.2) is 43.3 Å². The lowest BCUT2D eigenvalue weighted by Crippen LogP contribution is -2.38. The van der Waals surface area contributed by atoms with Gasteiger partial charge in [-0.1, -0.05) is 12.1 Å². The number of phenols is 1. The van der Waals surface area contributed by atoms with Crippen LogP contribution < -0.4 is 0 Å². The fraction of sp³-hybridized carbons (Fsp3) is 0.353. The molecular weight excluding hydrogens is 310 g/mol. The zero-order valence-corrected chi connectivity index (χ0v) is 13.4. The van der Waals surface area contributed by atoms with Crippen LogP contribution in [0.2, 0.25) is 0 Å². The molecule has 24 heavy (non-hydrogen) atoms. The van der Waals surface area contributed by atoms with Crippen LogP contribution >= 0.6 is 0 Å². The van der Waals surface area contributed by atoms with Gasteiger partial charge in [-0.3, -0.25) is 14.3 Å². The Bertz CT molecular complexity index is 797. The first-order valence-corrected chi connectivity index (χ1v) is 7.81. The van der Waals surface area contributed by atoms with Crippen LogP contribution in [0.1, 0.15) is 33.7 Å². The molecule has 1 aliphatic heterocycles. The van der Waals surface area contributed by atoms with Crippen LogP contribution in [0.15, 0.2) is 24.3 Å². The maximum atomic E-state index is 12.7. The number of aromatic nitrogens is 2. The van der Waals surface area contributed by atoms with Crippen LogP contribution in [-0.2, 0) is 24.3 Å². The van der Waals surface area contributed by atoms with Gasteiger partial charge >= 0.3 is 5.97 Å². The number of rotatable bonds is 4. The van der Waals surface area contributed by atoms with Crippen molar-refractivity contribution in [2.75, 3.05) is 6.54 Å². The summed E-state index contributed by atoms with van der Waals surface area (Å²) in [6, 6.07) is 6.97. The van der Waals surface area contributed by atoms with Crippen LogP contribution in [0.5, 0.6) is 5.75 Å². The summed E-state index contributed by atoms with van der Waals surface area (Å²) in [5.74, 6) is -1.05. The van der Waals surface area contributed by atoms with Crippen LogP contribution in [0.3, 0.4) is 0 Å². The first kappa shape index (κ1) is 16.0. The van der Waals surface area contributed by atoms with Crippen molar-refractivity contribution in [3.05, 3.63) is 46.8 Å². The van der Waals surface area contributed by atoms with Crippen molar-refractivity contribution in [2.45, 2.75) is 32.9 Å². The van der Waals surface area contributed by atoms with E-state index in [0.29, 0.717) is 37.2 Å². The summed E-state index contributed by atoms with van der Waals surface area (Å²) < 4.78 is 1.82. The quantitative estimate of drug-likeness (QED) is 0.888. The molecule has 1 aromatic carbocycles. The van der Waals surface area contributed by atoms with Crippen molar-refractivity contribution in [1.29, 1.82) is 0 Å². The molecule has 1 aliphatic rings. The van der Waals surface area contributed by atoms with Gasteiger partial charge in [-0.15, -0.1) is 0 Å². The minimum absolute atomic E-state index is 0.0173. The van der Waals surface area contributed by atoms with E-state index in [2.05, 4.69) is 5.10 Å². The van der Waals surface area contributed by atoms with Crippen LogP contribution in [0.4, 0.5) is 0 Å². The van der Waals surface area contributed by atoms with E-state index >= 15 is 0 Å². The molecule has 1 amide bonds. The van der Waals surface area contributed by atoms with Gasteiger partial charge in [0.25, 0.3) is 5.91 Å². The number of nitrogens with zero attached hydrogens (tertiary/aromatic N) is 3. The first-order chi connectivity index (χ1) is 11.5. The molecule has 0 saturated heterocycles. The number of carboxylic acid groups (broad SMARTS) is 1. The van der Waals surface area contributed by atoms with Crippen molar-refractivity contribution in [3.8, 4) is 5.75 Å². The van der Waals surface area contributed by atoms with Gasteiger partial charge < -0.3 is 15.1 Å². The van der Waals surface area contributed by atoms with Gasteiger partial charge in [-0.2, -0.15) is 5.10 Å². The molecule has 0 unspecified atom stereocenters. The smallest absolute Gasteiger partial charge is 0.303 e. The highest BCUT2D eigenvalue weighted by atomic mass is 16.4. The largest absolute Gasteiger partial charge is 0.507 e. The molecule has 3 rings (SSSR count). The van der Waals surface area contributed by atoms with Gasteiger partial charge in [0, 0.05) is 13.0 Å². The second-order valence-electron chi connectivity index (χ2n) is 5.94. The summed E-state index contributed by atoms with van der Waals surface area (Å²) in [4.78, 5) is 25.0. The summed E-state index contributed by atoms with van der Waals surface area (Å²) in [5, 5.41) is 23.2. The Labute approximate surface area is 139 Å². The molecule has 0 radical (unpaired) electrons. The number of benzene rings is 1. The van der Waals surface area contributed by atoms with E-state index in [0.717, 1.165) is 11.4 Å². The van der Waals surface area contributed by atoms with Crippen LogP contribution in [0, 0.1) is 6.92 Å². The van der Waals surface area contributed by atoms with E-state index in [1.54, 1.807) is 30.0 Å². The van der Waals surface area contributed by atoms with E-state index in [4.69, 9.17) is 5.11 Å². The number of para-hydroxylation sites is 1. The average Bonchev–Trinajstić information content (AvgIpc) is 2.97. The van der Waals surface area contributed by atoms with Gasteiger partial charge in [0.05, 0.1) is 36.5 Å². The molecule has 0 bridgehead atoms. The predicted octanol–water partition coefficient (Wildman–Crippen LogP) is 1.57. The number of aliphatic carboxylic acids is 1. The highest BCUT2D eigenvalue weighted by Gasteiger charge is 2.25. The summed E-state index contributed by atoms with van der Waals surface area (Å²) in [6.45, 7) is 3.21. The lowest BCUT2D eigenvalue weighted by Gasteiger charge is -2.28. The molecule has 2 N–H and O–H groups in total. The lowest BCUT2D eigenvalue weighted by atomic mass is 10.1. The Morgan fingerprint density at radius 1 is 1.29 bits per heavy atom. The number of aryl methyl sites for hydroxylation is 2. The number of carboxylic acids is 1. The Balaban J connectivity index is 1.76. The van der Waals surface area contributed by atoms with Crippen molar-refractivity contribution >= 4 is 11.9 Å². The van der Waals surface area contributed by atoms with Gasteiger partial charge in [0.2, 0.25) is 0 Å². The maximum absolute atomic E-state index is 12.7. The van der Waals surface area contributed by atoms with Crippen molar-refractivity contribution in [2.24, 2.45) is 0 Å². The van der Waals surface area contributed by atoms with E-state index in [9.17, 15) is 14.7 Å². The van der Waals surface area contributed by atoms with E-state index in [1.165, 1.54) is 0 Å². The third-order valence-corrected chi connectivity index (χ3v) is 4.20. The lowest BCUT2D eigenvalue weighted by molar-refractivity contribution is -0.136. The number of phenolic OH excluding ortho intramolecular Hbond substituents is 1. The molecule has 7 heteroatoms. The monoisotopic (exact) mass is 329 g/mol. The molecular formula is C17H19N3O4. The SMILES string of the molecule is Cc1cccc(C(=O)N2CCn3nc(CCC(=O)O)cc3C2)c1O. The van der Waals surface area contributed by atoms with Crippen LogP contribution in [0.25, 0.3) is 0 Å². The average molecular weight is 329 g/mol. The van der Waals surface area contributed by atoms with Gasteiger partial charge in [-0.05, 0) is 24.6 Å². The minimum Gasteiger partial charge on any atom is -0.507 e. The molecule has 126 valence electrons. The molecule has 1 aromatic heterocycles. The Hall–Kier alpha value is -2.83. The third-order valence-electron chi connectivity index (χ3n) is 4.20. The van der Waals surface area contributed by atoms with Gasteiger partial charge in [0.1, 0.15) is 5.75 Å². The number of hydrogen-bond acceptors (Lipinski definition) is 4. The molecule has 7 nitrogen and oxygen atoms in total. The summed E-state index contributed by atoms with van der Waals surface area (Å²) in [5.41, 5.74) is 2.56. The Morgan fingerprint density at radius 2 is 2.08 bits per heavy atom. The molecule has 0 saturated carbocycles. The van der Waals surface area contributed by atoms with Gasteiger partial charge in [-0.25, -0.2) is 0 Å². The molecule has 0 fully saturated rings. The highest BCUT2D eigenvalue weighted by molar-refractivity contribution is 5.97. The number of carbonyl (C=O) groups excluding carboxylic acids is 1. The Kier molecular flexibility index (Phi) is 4.24. The molecule has 0 atom stereocenters. The second kappa shape index (κ2) is 6.35. The fourth-order valence-corrected chi connectivity index (χ4v) is 2.86. The number of fused-ring (bicyclic) bond motifs is 1. The number of amides is 1. The van der Waals surface area contributed by atoms with Crippen molar-refractivity contribution in [1.82, 2.24) is 14.7 Å². The zero-order chi connectivity index (χ0) is 17.3. The standard InChI is InChI=1S/C17H19N3O4/c1-11-3-2-4-14(16(11)23)17(24)19-7-8-20-13(10-19)9-12(18-20)5-6-15(21)22/h2-4,9,23H,5-8,10H2,1H3,(H,21,22). The zero-order valence-electron chi connectivity index (χ0n) is 13.4. The highest BCUT2D eigenvalue weighted by Crippen LogP contribution is 2.25. The minimum atomic E-state index is -0.854.